The zero-order valence-corrected chi connectivity index (χ0v) is 15.2. The quantitative estimate of drug-likeness (QED) is 0.637. The van der Waals surface area contributed by atoms with Crippen molar-refractivity contribution in [3.05, 3.63) is 88.1 Å². The second kappa shape index (κ2) is 8.45. The van der Waals surface area contributed by atoms with E-state index in [0.717, 1.165) is 10.4 Å². The first-order valence-corrected chi connectivity index (χ1v) is 9.13. The minimum absolute atomic E-state index is 0.00376. The molecular formula is C21H19NO3S. The standard InChI is InChI=1S/C21H19NO3S/c1-15(23)16-9-11-18(12-10-16)25-14-20(24)22-21(19-8-5-13-26-19)17-6-3-2-4-7-17/h2-13,21H,14H2,1H3,(H,22,24)/t21-/m1/s1. The molecule has 0 saturated heterocycles. The molecule has 0 bridgehead atoms. The molecule has 0 aliphatic heterocycles. The Kier molecular flexibility index (Phi) is 5.81. The number of amides is 1. The van der Waals surface area contributed by atoms with Gasteiger partial charge >= 0.3 is 0 Å². The van der Waals surface area contributed by atoms with Crippen LogP contribution in [0.15, 0.2) is 72.1 Å². The Balaban J connectivity index is 1.64. The first kappa shape index (κ1) is 17.9. The number of carbonyl (C=O) groups is 2. The van der Waals surface area contributed by atoms with E-state index in [9.17, 15) is 9.59 Å². The van der Waals surface area contributed by atoms with Gasteiger partial charge in [0.1, 0.15) is 5.75 Å². The summed E-state index contributed by atoms with van der Waals surface area (Å²) in [4.78, 5) is 24.7. The first-order valence-electron chi connectivity index (χ1n) is 8.25. The molecule has 1 amide bonds. The van der Waals surface area contributed by atoms with E-state index in [2.05, 4.69) is 5.32 Å². The molecule has 1 heterocycles. The Morgan fingerprint density at radius 3 is 2.35 bits per heavy atom. The molecule has 0 aliphatic rings. The highest BCUT2D eigenvalue weighted by Crippen LogP contribution is 2.25. The lowest BCUT2D eigenvalue weighted by Crippen LogP contribution is -2.32. The van der Waals surface area contributed by atoms with Crippen molar-refractivity contribution in [3.63, 3.8) is 0 Å². The van der Waals surface area contributed by atoms with Crippen molar-refractivity contribution in [1.82, 2.24) is 5.32 Å². The van der Waals surface area contributed by atoms with E-state index in [4.69, 9.17) is 4.74 Å². The molecule has 5 heteroatoms. The van der Waals surface area contributed by atoms with Crippen LogP contribution in [-0.4, -0.2) is 18.3 Å². The molecule has 1 N–H and O–H groups in total. The number of carbonyl (C=O) groups excluding carboxylic acids is 2. The van der Waals surface area contributed by atoms with Gasteiger partial charge in [0.2, 0.25) is 0 Å². The van der Waals surface area contributed by atoms with E-state index < -0.39 is 0 Å². The molecule has 0 radical (unpaired) electrons. The fourth-order valence-electron chi connectivity index (χ4n) is 2.56. The van der Waals surface area contributed by atoms with Gasteiger partial charge in [0.05, 0.1) is 6.04 Å². The van der Waals surface area contributed by atoms with Crippen molar-refractivity contribution in [2.75, 3.05) is 6.61 Å². The van der Waals surface area contributed by atoms with Gasteiger partial charge in [0.25, 0.3) is 5.91 Å². The van der Waals surface area contributed by atoms with E-state index >= 15 is 0 Å². The van der Waals surface area contributed by atoms with E-state index in [0.29, 0.717) is 11.3 Å². The SMILES string of the molecule is CC(=O)c1ccc(OCC(=O)N[C@H](c2ccccc2)c2cccs2)cc1. The first-order chi connectivity index (χ1) is 12.6. The Morgan fingerprint density at radius 1 is 1.00 bits per heavy atom. The third-order valence-corrected chi connectivity index (χ3v) is 4.83. The molecule has 1 atom stereocenters. The van der Waals surface area contributed by atoms with Gasteiger partial charge in [0, 0.05) is 10.4 Å². The summed E-state index contributed by atoms with van der Waals surface area (Å²) < 4.78 is 5.54. The summed E-state index contributed by atoms with van der Waals surface area (Å²) in [6, 6.07) is 20.4. The molecule has 3 rings (SSSR count). The fourth-order valence-corrected chi connectivity index (χ4v) is 3.36. The lowest BCUT2D eigenvalue weighted by atomic mass is 10.1. The predicted molar refractivity (Wildman–Crippen MR) is 103 cm³/mol. The van der Waals surface area contributed by atoms with Gasteiger partial charge in [-0.25, -0.2) is 0 Å². The van der Waals surface area contributed by atoms with Gasteiger partial charge in [0.15, 0.2) is 12.4 Å². The lowest BCUT2D eigenvalue weighted by molar-refractivity contribution is -0.123. The Hall–Kier alpha value is -2.92. The summed E-state index contributed by atoms with van der Waals surface area (Å²) in [5.41, 5.74) is 1.64. The van der Waals surface area contributed by atoms with Crippen LogP contribution in [0.1, 0.15) is 33.8 Å². The molecule has 26 heavy (non-hydrogen) atoms. The maximum Gasteiger partial charge on any atom is 0.258 e. The number of rotatable bonds is 7. The van der Waals surface area contributed by atoms with Crippen molar-refractivity contribution in [3.8, 4) is 5.75 Å². The summed E-state index contributed by atoms with van der Waals surface area (Å²) in [5.74, 6) is 0.344. The van der Waals surface area contributed by atoms with Crippen LogP contribution in [0.5, 0.6) is 5.75 Å². The van der Waals surface area contributed by atoms with Crippen molar-refractivity contribution in [2.24, 2.45) is 0 Å². The van der Waals surface area contributed by atoms with Crippen LogP contribution < -0.4 is 10.1 Å². The van der Waals surface area contributed by atoms with Gasteiger partial charge in [-0.05, 0) is 48.2 Å². The maximum absolute atomic E-state index is 12.4. The Labute approximate surface area is 156 Å². The lowest BCUT2D eigenvalue weighted by Gasteiger charge is -2.18. The van der Waals surface area contributed by atoms with Gasteiger partial charge in [-0.1, -0.05) is 36.4 Å². The number of Topliss-reactive ketones (excluding diaryl/α,β-unsaturated/α-hetero) is 1. The number of ether oxygens (including phenoxy) is 1. The van der Waals surface area contributed by atoms with Gasteiger partial charge in [-0.15, -0.1) is 11.3 Å². The van der Waals surface area contributed by atoms with Crippen molar-refractivity contribution in [2.45, 2.75) is 13.0 Å². The molecule has 0 unspecified atom stereocenters. The van der Waals surface area contributed by atoms with E-state index in [1.165, 1.54) is 6.92 Å². The number of hydrogen-bond acceptors (Lipinski definition) is 4. The minimum atomic E-state index is -0.206. The van der Waals surface area contributed by atoms with Crippen LogP contribution >= 0.6 is 11.3 Å². The van der Waals surface area contributed by atoms with Crippen LogP contribution in [0.4, 0.5) is 0 Å². The second-order valence-electron chi connectivity index (χ2n) is 5.80. The monoisotopic (exact) mass is 365 g/mol. The second-order valence-corrected chi connectivity index (χ2v) is 6.78. The largest absolute Gasteiger partial charge is 0.484 e. The van der Waals surface area contributed by atoms with Crippen LogP contribution in [-0.2, 0) is 4.79 Å². The van der Waals surface area contributed by atoms with Crippen molar-refractivity contribution in [1.29, 1.82) is 0 Å². The van der Waals surface area contributed by atoms with Gasteiger partial charge in [-0.3, -0.25) is 9.59 Å². The van der Waals surface area contributed by atoms with Crippen LogP contribution in [0, 0.1) is 0 Å². The molecule has 1 aromatic heterocycles. The highest BCUT2D eigenvalue weighted by molar-refractivity contribution is 7.10. The summed E-state index contributed by atoms with van der Waals surface area (Å²) in [6.45, 7) is 1.42. The third kappa shape index (κ3) is 4.58. The molecule has 0 fully saturated rings. The zero-order chi connectivity index (χ0) is 18.4. The molecule has 4 nitrogen and oxygen atoms in total. The van der Waals surface area contributed by atoms with Crippen LogP contribution in [0.2, 0.25) is 0 Å². The number of benzene rings is 2. The van der Waals surface area contributed by atoms with E-state index in [-0.39, 0.29) is 24.3 Å². The molecule has 3 aromatic rings. The van der Waals surface area contributed by atoms with Crippen LogP contribution in [0.3, 0.4) is 0 Å². The third-order valence-electron chi connectivity index (χ3n) is 3.90. The van der Waals surface area contributed by atoms with Crippen molar-refractivity contribution < 1.29 is 14.3 Å². The fraction of sp³-hybridized carbons (Fsp3) is 0.143. The maximum atomic E-state index is 12.4. The highest BCUT2D eigenvalue weighted by Gasteiger charge is 2.18. The summed E-state index contributed by atoms with van der Waals surface area (Å²) in [5, 5.41) is 5.02. The molecular weight excluding hydrogens is 346 g/mol. The summed E-state index contributed by atoms with van der Waals surface area (Å²) >= 11 is 1.60. The molecule has 0 saturated carbocycles. The van der Waals surface area contributed by atoms with E-state index in [1.54, 1.807) is 35.6 Å². The highest BCUT2D eigenvalue weighted by atomic mass is 32.1. The summed E-state index contributed by atoms with van der Waals surface area (Å²) in [7, 11) is 0. The normalized spacial score (nSPS) is 11.6. The average molecular weight is 365 g/mol. The van der Waals surface area contributed by atoms with Gasteiger partial charge < -0.3 is 10.1 Å². The van der Waals surface area contributed by atoms with E-state index in [1.807, 2.05) is 47.8 Å². The number of ketones is 1. The minimum Gasteiger partial charge on any atom is -0.484 e. The van der Waals surface area contributed by atoms with Crippen molar-refractivity contribution >= 4 is 23.0 Å². The summed E-state index contributed by atoms with van der Waals surface area (Å²) in [6.07, 6.45) is 0. The Bertz CT molecular complexity index is 858. The average Bonchev–Trinajstić information content (AvgIpc) is 3.20. The molecule has 0 aliphatic carbocycles. The zero-order valence-electron chi connectivity index (χ0n) is 14.3. The molecule has 2 aromatic carbocycles. The number of nitrogens with one attached hydrogen (secondary N) is 1. The predicted octanol–water partition coefficient (Wildman–Crippen LogP) is 4.24. The topological polar surface area (TPSA) is 55.4 Å². The van der Waals surface area contributed by atoms with Crippen LogP contribution in [0.25, 0.3) is 0 Å². The molecule has 132 valence electrons. The smallest absolute Gasteiger partial charge is 0.258 e. The number of hydrogen-bond donors (Lipinski definition) is 1. The van der Waals surface area contributed by atoms with Gasteiger partial charge in [-0.2, -0.15) is 0 Å². The Morgan fingerprint density at radius 2 is 1.73 bits per heavy atom. The molecule has 0 spiro atoms. The number of thiophene rings is 1.